The molecule has 0 spiro atoms. The molecule has 2 amide bonds. The van der Waals surface area contributed by atoms with Crippen molar-refractivity contribution in [1.82, 2.24) is 9.80 Å². The minimum absolute atomic E-state index is 0.136. The first-order valence-electron chi connectivity index (χ1n) is 7.92. The third-order valence-corrected chi connectivity index (χ3v) is 5.34. The molecule has 22 heavy (non-hydrogen) atoms. The summed E-state index contributed by atoms with van der Waals surface area (Å²) in [6.45, 7) is 0.527. The van der Waals surface area contributed by atoms with E-state index in [-0.39, 0.29) is 17.9 Å². The van der Waals surface area contributed by atoms with Gasteiger partial charge in [0.1, 0.15) is 12.1 Å². The Labute approximate surface area is 129 Å². The summed E-state index contributed by atoms with van der Waals surface area (Å²) in [5.41, 5.74) is 0. The highest BCUT2D eigenvalue weighted by Crippen LogP contribution is 2.40. The second-order valence-corrected chi connectivity index (χ2v) is 6.55. The minimum Gasteiger partial charge on any atom is -0.465 e. The summed E-state index contributed by atoms with van der Waals surface area (Å²) in [7, 11) is 0. The molecule has 2 aliphatic heterocycles. The summed E-state index contributed by atoms with van der Waals surface area (Å²) in [5.74, 6) is -0.105. The maximum absolute atomic E-state index is 12.8. The molecule has 0 aromatic heterocycles. The fourth-order valence-electron chi connectivity index (χ4n) is 4.29. The predicted molar refractivity (Wildman–Crippen MR) is 75.8 cm³/mol. The number of rotatable bonds is 1. The molecule has 7 heteroatoms. The van der Waals surface area contributed by atoms with Crippen LogP contribution in [0.15, 0.2) is 0 Å². The van der Waals surface area contributed by atoms with Gasteiger partial charge in [-0.3, -0.25) is 9.69 Å². The van der Waals surface area contributed by atoms with Crippen LogP contribution in [0.4, 0.5) is 4.79 Å². The first-order valence-corrected chi connectivity index (χ1v) is 7.92. The third kappa shape index (κ3) is 2.41. The Bertz CT molecular complexity index is 517. The van der Waals surface area contributed by atoms with Gasteiger partial charge in [-0.2, -0.15) is 5.26 Å². The van der Waals surface area contributed by atoms with Gasteiger partial charge in [0.25, 0.3) is 0 Å². The summed E-state index contributed by atoms with van der Waals surface area (Å²) < 4.78 is 0. The zero-order valence-electron chi connectivity index (χ0n) is 12.4. The molecule has 0 unspecified atom stereocenters. The van der Waals surface area contributed by atoms with Crippen LogP contribution >= 0.6 is 0 Å². The smallest absolute Gasteiger partial charge is 0.408 e. The van der Waals surface area contributed by atoms with Crippen LogP contribution < -0.4 is 0 Å². The fourth-order valence-corrected chi connectivity index (χ4v) is 4.29. The Morgan fingerprint density at radius 3 is 2.64 bits per heavy atom. The number of likely N-dealkylation sites (tertiary alicyclic amines) is 2. The monoisotopic (exact) mass is 307 g/mol. The van der Waals surface area contributed by atoms with E-state index in [1.54, 1.807) is 0 Å². The second kappa shape index (κ2) is 5.76. The zero-order chi connectivity index (χ0) is 15.9. The molecule has 0 aromatic carbocycles. The molecular formula is C15H21N3O4. The molecule has 2 N–H and O–H groups in total. The lowest BCUT2D eigenvalue weighted by molar-refractivity contribution is -0.135. The van der Waals surface area contributed by atoms with Crippen LogP contribution in [0.2, 0.25) is 0 Å². The Morgan fingerprint density at radius 2 is 1.95 bits per heavy atom. The Hall–Kier alpha value is -1.81. The van der Waals surface area contributed by atoms with Crippen molar-refractivity contribution < 1.29 is 19.8 Å². The average Bonchev–Trinajstić information content (AvgIpc) is 3.09. The van der Waals surface area contributed by atoms with Gasteiger partial charge in [-0.15, -0.1) is 0 Å². The molecule has 3 aliphatic rings. The molecule has 5 atom stereocenters. The molecule has 1 saturated carbocycles. The molecular weight excluding hydrogens is 286 g/mol. The molecule has 7 nitrogen and oxygen atoms in total. The van der Waals surface area contributed by atoms with Gasteiger partial charge in [-0.1, -0.05) is 0 Å². The van der Waals surface area contributed by atoms with Gasteiger partial charge >= 0.3 is 6.09 Å². The van der Waals surface area contributed by atoms with E-state index < -0.39 is 24.3 Å². The van der Waals surface area contributed by atoms with Crippen LogP contribution in [-0.4, -0.2) is 62.8 Å². The van der Waals surface area contributed by atoms with Crippen molar-refractivity contribution in [1.29, 1.82) is 5.26 Å². The van der Waals surface area contributed by atoms with E-state index in [9.17, 15) is 19.8 Å². The van der Waals surface area contributed by atoms with Gasteiger partial charge in [0.2, 0.25) is 5.91 Å². The number of aliphatic hydroxyl groups is 1. The van der Waals surface area contributed by atoms with Gasteiger partial charge in [-0.05, 0) is 44.4 Å². The van der Waals surface area contributed by atoms with Crippen molar-refractivity contribution in [3.8, 4) is 6.07 Å². The van der Waals surface area contributed by atoms with E-state index >= 15 is 0 Å². The molecule has 2 saturated heterocycles. The lowest BCUT2D eigenvalue weighted by Gasteiger charge is -2.34. The molecule has 0 bridgehead atoms. The van der Waals surface area contributed by atoms with Gasteiger partial charge < -0.3 is 15.1 Å². The number of fused-ring (bicyclic) bond motifs is 1. The van der Waals surface area contributed by atoms with E-state index in [2.05, 4.69) is 6.07 Å². The van der Waals surface area contributed by atoms with Crippen molar-refractivity contribution in [2.75, 3.05) is 6.54 Å². The number of nitrogens with zero attached hydrogens (tertiary/aromatic N) is 3. The van der Waals surface area contributed by atoms with Crippen molar-refractivity contribution >= 4 is 12.0 Å². The van der Waals surface area contributed by atoms with Crippen LogP contribution in [0.25, 0.3) is 0 Å². The van der Waals surface area contributed by atoms with Crippen LogP contribution in [0.1, 0.15) is 38.5 Å². The Morgan fingerprint density at radius 1 is 1.18 bits per heavy atom. The quantitative estimate of drug-likeness (QED) is 0.745. The fraction of sp³-hybridized carbons (Fsp3) is 0.800. The number of hydrogen-bond acceptors (Lipinski definition) is 4. The van der Waals surface area contributed by atoms with Crippen LogP contribution in [-0.2, 0) is 4.79 Å². The number of carbonyl (C=O) groups excluding carboxylic acids is 1. The van der Waals surface area contributed by atoms with Gasteiger partial charge in [-0.25, -0.2) is 4.79 Å². The van der Waals surface area contributed by atoms with E-state index in [1.807, 2.05) is 0 Å². The molecule has 2 heterocycles. The zero-order valence-corrected chi connectivity index (χ0v) is 12.4. The van der Waals surface area contributed by atoms with Crippen LogP contribution in [0.5, 0.6) is 0 Å². The number of nitriles is 1. The van der Waals surface area contributed by atoms with Crippen LogP contribution in [0.3, 0.4) is 0 Å². The van der Waals surface area contributed by atoms with E-state index in [1.165, 1.54) is 9.80 Å². The van der Waals surface area contributed by atoms with Gasteiger partial charge in [0, 0.05) is 12.6 Å². The summed E-state index contributed by atoms with van der Waals surface area (Å²) in [5, 5.41) is 28.5. The van der Waals surface area contributed by atoms with Crippen molar-refractivity contribution in [3.05, 3.63) is 0 Å². The lowest BCUT2D eigenvalue weighted by Crippen LogP contribution is -2.51. The maximum atomic E-state index is 12.8. The molecule has 0 aromatic rings. The van der Waals surface area contributed by atoms with E-state index in [4.69, 9.17) is 5.26 Å². The number of carboxylic acid groups (broad SMARTS) is 1. The van der Waals surface area contributed by atoms with Crippen LogP contribution in [0, 0.1) is 17.2 Å². The number of aliphatic hydroxyl groups excluding tert-OH is 1. The second-order valence-electron chi connectivity index (χ2n) is 6.55. The van der Waals surface area contributed by atoms with Gasteiger partial charge in [0.15, 0.2) is 0 Å². The Balaban J connectivity index is 1.81. The molecule has 3 fully saturated rings. The van der Waals surface area contributed by atoms with E-state index in [0.29, 0.717) is 32.2 Å². The molecule has 1 aliphatic carbocycles. The van der Waals surface area contributed by atoms with Crippen molar-refractivity contribution in [3.63, 3.8) is 0 Å². The van der Waals surface area contributed by atoms with Crippen molar-refractivity contribution in [2.45, 2.75) is 62.8 Å². The Kier molecular flexibility index (Phi) is 3.96. The highest BCUT2D eigenvalue weighted by molar-refractivity contribution is 5.87. The SMILES string of the molecule is N#C[C@@H]1CCCN1C(=O)[C@@H]1C[C@@H]2CC[C@@H](O)C[C@H]2N1C(=O)O. The minimum atomic E-state index is -1.10. The number of hydrogen-bond donors (Lipinski definition) is 2. The largest absolute Gasteiger partial charge is 0.465 e. The first kappa shape index (κ1) is 15.1. The normalized spacial score (nSPS) is 37.7. The maximum Gasteiger partial charge on any atom is 0.408 e. The molecule has 0 radical (unpaired) electrons. The predicted octanol–water partition coefficient (Wildman–Crippen LogP) is 0.783. The summed E-state index contributed by atoms with van der Waals surface area (Å²) in [4.78, 5) is 27.2. The average molecular weight is 307 g/mol. The molecule has 120 valence electrons. The van der Waals surface area contributed by atoms with E-state index in [0.717, 1.165) is 12.8 Å². The number of amides is 2. The van der Waals surface area contributed by atoms with Gasteiger partial charge in [0.05, 0.1) is 12.2 Å². The topological polar surface area (TPSA) is 105 Å². The highest BCUT2D eigenvalue weighted by atomic mass is 16.4. The number of carbonyl (C=O) groups is 2. The highest BCUT2D eigenvalue weighted by Gasteiger charge is 2.50. The lowest BCUT2D eigenvalue weighted by atomic mass is 9.83. The summed E-state index contributed by atoms with van der Waals surface area (Å²) in [6.07, 6.45) is 2.19. The molecule has 3 rings (SSSR count). The first-order chi connectivity index (χ1) is 10.5. The third-order valence-electron chi connectivity index (χ3n) is 5.34. The summed E-state index contributed by atoms with van der Waals surface area (Å²) in [6, 6.07) is 0.716. The standard InChI is InChI=1S/C15H21N3O4/c16-8-10-2-1-5-17(10)14(20)13-6-9-3-4-11(19)7-12(9)18(13)15(21)22/h9-13,19H,1-7H2,(H,21,22)/t9-,10-,11+,12+,13-/m0/s1. The summed E-state index contributed by atoms with van der Waals surface area (Å²) >= 11 is 0. The van der Waals surface area contributed by atoms with Crippen molar-refractivity contribution in [2.24, 2.45) is 5.92 Å².